The largest absolute Gasteiger partial charge is 0.330 e. The molecule has 0 atom stereocenters. The van der Waals surface area contributed by atoms with Gasteiger partial charge in [-0.1, -0.05) is 41.4 Å². The molecule has 0 bridgehead atoms. The molecule has 25 heavy (non-hydrogen) atoms. The zero-order chi connectivity index (χ0) is 17.8. The number of halogens is 3. The second-order valence-electron chi connectivity index (χ2n) is 5.22. The maximum atomic E-state index is 13.6. The lowest BCUT2D eigenvalue weighted by Crippen LogP contribution is -2.19. The highest BCUT2D eigenvalue weighted by atomic mass is 35.5. The molecule has 0 radical (unpaired) electrons. The van der Waals surface area contributed by atoms with E-state index in [4.69, 9.17) is 35.4 Å². The van der Waals surface area contributed by atoms with Crippen LogP contribution < -0.4 is 10.6 Å². The summed E-state index contributed by atoms with van der Waals surface area (Å²) >= 11 is 17.3. The van der Waals surface area contributed by atoms with Crippen molar-refractivity contribution >= 4 is 51.9 Å². The summed E-state index contributed by atoms with van der Waals surface area (Å²) in [6, 6.07) is 11.6. The lowest BCUT2D eigenvalue weighted by molar-refractivity contribution is 0.632. The van der Waals surface area contributed by atoms with Crippen LogP contribution in [0.1, 0.15) is 5.56 Å². The van der Waals surface area contributed by atoms with E-state index in [0.29, 0.717) is 28.0 Å². The first kappa shape index (κ1) is 17.7. The van der Waals surface area contributed by atoms with E-state index >= 15 is 0 Å². The number of thiocarbonyl (C=S) groups is 1. The molecule has 8 heteroatoms. The molecule has 2 aromatic carbocycles. The Morgan fingerprint density at radius 2 is 1.96 bits per heavy atom. The van der Waals surface area contributed by atoms with E-state index in [1.54, 1.807) is 47.4 Å². The van der Waals surface area contributed by atoms with Gasteiger partial charge >= 0.3 is 0 Å². The number of hydrogen-bond donors (Lipinski definition) is 2. The topological polar surface area (TPSA) is 41.9 Å². The molecule has 2 N–H and O–H groups in total. The Balaban J connectivity index is 1.63. The number of nitrogens with one attached hydrogen (secondary N) is 2. The fourth-order valence-electron chi connectivity index (χ4n) is 2.19. The number of aromatic nitrogens is 2. The Morgan fingerprint density at radius 3 is 2.72 bits per heavy atom. The molecular formula is C17H13Cl2FN4S. The Kier molecular flexibility index (Phi) is 5.53. The third-order valence-corrected chi connectivity index (χ3v) is 4.15. The van der Waals surface area contributed by atoms with Crippen molar-refractivity contribution in [3.63, 3.8) is 0 Å². The van der Waals surface area contributed by atoms with Crippen molar-refractivity contribution in [2.24, 2.45) is 0 Å². The van der Waals surface area contributed by atoms with E-state index in [1.807, 2.05) is 6.07 Å². The third-order valence-electron chi connectivity index (χ3n) is 3.36. The Bertz CT molecular complexity index is 913. The van der Waals surface area contributed by atoms with Crippen LogP contribution in [0, 0.1) is 5.82 Å². The van der Waals surface area contributed by atoms with Crippen LogP contribution in [0.2, 0.25) is 10.0 Å². The molecule has 0 spiro atoms. The van der Waals surface area contributed by atoms with Crippen molar-refractivity contribution in [3.8, 4) is 0 Å². The van der Waals surface area contributed by atoms with E-state index in [0.717, 1.165) is 5.56 Å². The average Bonchev–Trinajstić information content (AvgIpc) is 2.99. The smallest absolute Gasteiger partial charge is 0.175 e. The summed E-state index contributed by atoms with van der Waals surface area (Å²) in [5.74, 6) is -0.375. The average molecular weight is 395 g/mol. The summed E-state index contributed by atoms with van der Waals surface area (Å²) in [6.45, 7) is 0.491. The van der Waals surface area contributed by atoms with Crippen molar-refractivity contribution in [2.75, 3.05) is 10.6 Å². The molecule has 0 aliphatic heterocycles. The van der Waals surface area contributed by atoms with Crippen LogP contribution in [0.15, 0.2) is 54.9 Å². The zero-order valence-electron chi connectivity index (χ0n) is 12.8. The van der Waals surface area contributed by atoms with Crippen LogP contribution in [0.3, 0.4) is 0 Å². The normalized spacial score (nSPS) is 10.5. The molecule has 1 aromatic heterocycles. The number of hydrogen-bond acceptors (Lipinski definition) is 2. The Morgan fingerprint density at radius 1 is 1.16 bits per heavy atom. The van der Waals surface area contributed by atoms with Crippen LogP contribution >= 0.6 is 35.4 Å². The molecule has 0 aliphatic rings. The highest BCUT2D eigenvalue weighted by Gasteiger charge is 2.07. The number of nitrogens with zero attached hydrogens (tertiary/aromatic N) is 2. The fraction of sp³-hybridized carbons (Fsp3) is 0.0588. The lowest BCUT2D eigenvalue weighted by Gasteiger charge is -2.09. The Labute approximate surface area is 159 Å². The first-order valence-electron chi connectivity index (χ1n) is 7.30. The standard InChI is InChI=1S/C17H13Cl2FN4S/c18-12-6-5-11(14(19)7-12)9-24-10-13(8-21-24)22-17(25)23-16-4-2-1-3-15(16)20/h1-8,10H,9H2,(H2,22,23,25). The maximum Gasteiger partial charge on any atom is 0.175 e. The SMILES string of the molecule is Fc1ccccc1NC(=S)Nc1cnn(Cc2ccc(Cl)cc2Cl)c1. The van der Waals surface area contributed by atoms with Crippen molar-refractivity contribution < 1.29 is 4.39 Å². The second kappa shape index (κ2) is 7.82. The van der Waals surface area contributed by atoms with E-state index in [-0.39, 0.29) is 10.9 Å². The highest BCUT2D eigenvalue weighted by Crippen LogP contribution is 2.22. The molecular weight excluding hydrogens is 382 g/mol. The molecule has 0 amide bonds. The second-order valence-corrected chi connectivity index (χ2v) is 6.47. The van der Waals surface area contributed by atoms with Gasteiger partial charge in [-0.05, 0) is 42.0 Å². The van der Waals surface area contributed by atoms with Gasteiger partial charge in [0, 0.05) is 16.2 Å². The summed E-state index contributed by atoms with van der Waals surface area (Å²) < 4.78 is 15.3. The summed E-state index contributed by atoms with van der Waals surface area (Å²) in [4.78, 5) is 0. The van der Waals surface area contributed by atoms with Crippen LogP contribution in [0.5, 0.6) is 0 Å². The first-order chi connectivity index (χ1) is 12.0. The van der Waals surface area contributed by atoms with Gasteiger partial charge in [0.1, 0.15) is 5.82 Å². The minimum atomic E-state index is -0.375. The molecule has 0 saturated carbocycles. The van der Waals surface area contributed by atoms with Gasteiger partial charge in [-0.15, -0.1) is 0 Å². The molecule has 3 aromatic rings. The molecule has 0 fully saturated rings. The van der Waals surface area contributed by atoms with E-state index in [9.17, 15) is 4.39 Å². The van der Waals surface area contributed by atoms with Gasteiger partial charge in [0.15, 0.2) is 5.11 Å². The molecule has 1 heterocycles. The van der Waals surface area contributed by atoms with Gasteiger partial charge in [-0.2, -0.15) is 5.10 Å². The fourth-order valence-corrected chi connectivity index (χ4v) is 2.88. The predicted octanol–water partition coefficient (Wildman–Crippen LogP) is 5.19. The number of para-hydroxylation sites is 1. The van der Waals surface area contributed by atoms with E-state index in [2.05, 4.69) is 15.7 Å². The van der Waals surface area contributed by atoms with Gasteiger partial charge in [-0.3, -0.25) is 4.68 Å². The molecule has 0 aliphatic carbocycles. The van der Waals surface area contributed by atoms with Crippen LogP contribution in [0.25, 0.3) is 0 Å². The third kappa shape index (κ3) is 4.69. The van der Waals surface area contributed by atoms with Crippen LogP contribution in [-0.4, -0.2) is 14.9 Å². The monoisotopic (exact) mass is 394 g/mol. The van der Waals surface area contributed by atoms with Crippen molar-refractivity contribution in [3.05, 3.63) is 76.3 Å². The van der Waals surface area contributed by atoms with Gasteiger partial charge in [-0.25, -0.2) is 4.39 Å². The number of benzene rings is 2. The molecule has 3 rings (SSSR count). The Hall–Kier alpha value is -2.15. The molecule has 0 saturated heterocycles. The minimum Gasteiger partial charge on any atom is -0.330 e. The first-order valence-corrected chi connectivity index (χ1v) is 8.46. The quantitative estimate of drug-likeness (QED) is 0.597. The number of rotatable bonds is 4. The summed E-state index contributed by atoms with van der Waals surface area (Å²) in [5, 5.41) is 11.5. The molecule has 128 valence electrons. The van der Waals surface area contributed by atoms with Crippen molar-refractivity contribution in [2.45, 2.75) is 6.54 Å². The summed E-state index contributed by atoms with van der Waals surface area (Å²) in [7, 11) is 0. The zero-order valence-corrected chi connectivity index (χ0v) is 15.2. The van der Waals surface area contributed by atoms with E-state index in [1.165, 1.54) is 6.07 Å². The van der Waals surface area contributed by atoms with Crippen molar-refractivity contribution in [1.82, 2.24) is 9.78 Å². The molecule has 0 unspecified atom stereocenters. The van der Waals surface area contributed by atoms with Gasteiger partial charge in [0.2, 0.25) is 0 Å². The van der Waals surface area contributed by atoms with Gasteiger partial charge in [0.05, 0.1) is 24.1 Å². The van der Waals surface area contributed by atoms with E-state index < -0.39 is 0 Å². The predicted molar refractivity (Wildman–Crippen MR) is 104 cm³/mol. The summed E-state index contributed by atoms with van der Waals surface area (Å²) in [6.07, 6.45) is 3.40. The van der Waals surface area contributed by atoms with Gasteiger partial charge < -0.3 is 10.6 Å². The minimum absolute atomic E-state index is 0.272. The van der Waals surface area contributed by atoms with Crippen molar-refractivity contribution in [1.29, 1.82) is 0 Å². The maximum absolute atomic E-state index is 13.6. The number of anilines is 2. The highest BCUT2D eigenvalue weighted by molar-refractivity contribution is 7.80. The molecule has 4 nitrogen and oxygen atoms in total. The van der Waals surface area contributed by atoms with Gasteiger partial charge in [0.25, 0.3) is 0 Å². The van der Waals surface area contributed by atoms with Crippen LogP contribution in [-0.2, 0) is 6.54 Å². The van der Waals surface area contributed by atoms with Crippen LogP contribution in [0.4, 0.5) is 15.8 Å². The lowest BCUT2D eigenvalue weighted by atomic mass is 10.2. The summed E-state index contributed by atoms with van der Waals surface area (Å²) in [5.41, 5.74) is 1.88.